The largest absolute Gasteiger partial charge is 0.493 e. The van der Waals surface area contributed by atoms with E-state index >= 15 is 0 Å². The molecule has 1 saturated heterocycles. The summed E-state index contributed by atoms with van der Waals surface area (Å²) < 4.78 is 7.22. The van der Waals surface area contributed by atoms with Crippen LogP contribution in [0, 0.1) is 0 Å². The van der Waals surface area contributed by atoms with Gasteiger partial charge in [-0.05, 0) is 19.1 Å². The van der Waals surface area contributed by atoms with Crippen LogP contribution in [-0.4, -0.2) is 40.5 Å². The number of carbonyl (C=O) groups excluding carboxylic acids is 1. The summed E-state index contributed by atoms with van der Waals surface area (Å²) in [6.07, 6.45) is 1.70. The zero-order valence-electron chi connectivity index (χ0n) is 11.2. The van der Waals surface area contributed by atoms with Gasteiger partial charge in [-0.1, -0.05) is 17.3 Å². The second-order valence-corrected chi connectivity index (χ2v) is 4.65. The molecule has 3 rings (SSSR count). The molecule has 0 amide bonds. The van der Waals surface area contributed by atoms with Crippen LogP contribution >= 0.6 is 0 Å². The summed E-state index contributed by atoms with van der Waals surface area (Å²) in [6.45, 7) is 4.14. The fourth-order valence-electron chi connectivity index (χ4n) is 2.09. The molecule has 1 aliphatic rings. The van der Waals surface area contributed by atoms with E-state index in [4.69, 9.17) is 4.74 Å². The molecule has 0 spiro atoms. The normalized spacial score (nSPS) is 14.8. The molecule has 6 nitrogen and oxygen atoms in total. The quantitative estimate of drug-likeness (QED) is 0.824. The molecular formula is C14H16N4O2. The van der Waals surface area contributed by atoms with Crippen molar-refractivity contribution < 1.29 is 9.53 Å². The van der Waals surface area contributed by atoms with E-state index in [0.717, 1.165) is 13.1 Å². The van der Waals surface area contributed by atoms with Gasteiger partial charge in [0.15, 0.2) is 5.69 Å². The van der Waals surface area contributed by atoms with Crippen LogP contribution in [0.5, 0.6) is 5.75 Å². The molecule has 1 N–H and O–H groups in total. The number of hydrogen-bond acceptors (Lipinski definition) is 5. The van der Waals surface area contributed by atoms with Crippen LogP contribution < -0.4 is 10.1 Å². The van der Waals surface area contributed by atoms with Crippen molar-refractivity contribution in [3.05, 3.63) is 41.7 Å². The molecule has 2 aromatic rings. The molecule has 0 unspecified atom stereocenters. The van der Waals surface area contributed by atoms with Crippen LogP contribution in [0.15, 0.2) is 30.5 Å². The molecule has 1 aliphatic heterocycles. The molecule has 20 heavy (non-hydrogen) atoms. The van der Waals surface area contributed by atoms with Crippen LogP contribution in [-0.2, 0) is 0 Å². The number of ether oxygens (including phenoxy) is 1. The van der Waals surface area contributed by atoms with E-state index in [0.29, 0.717) is 29.7 Å². The van der Waals surface area contributed by atoms with Crippen molar-refractivity contribution in [1.29, 1.82) is 0 Å². The molecule has 1 aromatic heterocycles. The Bertz CT molecular complexity index is 619. The second-order valence-electron chi connectivity index (χ2n) is 4.65. The fraction of sp³-hybridized carbons (Fsp3) is 0.357. The van der Waals surface area contributed by atoms with Crippen molar-refractivity contribution >= 4 is 5.78 Å². The standard InChI is InChI=1S/C14H16N4O2/c1-2-20-13-6-4-3-5-11(13)14(19)12-9-18(17-16-12)10-7-15-8-10/h3-6,9-10,15H,2,7-8H2,1H3. The fourth-order valence-corrected chi connectivity index (χ4v) is 2.09. The number of hydrogen-bond donors (Lipinski definition) is 1. The van der Waals surface area contributed by atoms with Gasteiger partial charge in [-0.15, -0.1) is 5.10 Å². The lowest BCUT2D eigenvalue weighted by molar-refractivity contribution is 0.103. The highest BCUT2D eigenvalue weighted by Gasteiger charge is 2.23. The van der Waals surface area contributed by atoms with Gasteiger partial charge in [0.25, 0.3) is 0 Å². The maximum absolute atomic E-state index is 12.5. The molecule has 0 atom stereocenters. The minimum Gasteiger partial charge on any atom is -0.493 e. The van der Waals surface area contributed by atoms with Crippen molar-refractivity contribution in [2.24, 2.45) is 0 Å². The van der Waals surface area contributed by atoms with E-state index in [9.17, 15) is 4.79 Å². The Morgan fingerprint density at radius 3 is 2.95 bits per heavy atom. The molecule has 1 fully saturated rings. The summed E-state index contributed by atoms with van der Waals surface area (Å²) in [5.41, 5.74) is 0.872. The van der Waals surface area contributed by atoms with Gasteiger partial charge in [0, 0.05) is 13.1 Å². The lowest BCUT2D eigenvalue weighted by Crippen LogP contribution is -2.43. The SMILES string of the molecule is CCOc1ccccc1C(=O)c1cn(C2CNC2)nn1. The van der Waals surface area contributed by atoms with E-state index in [1.807, 2.05) is 19.1 Å². The zero-order chi connectivity index (χ0) is 13.9. The van der Waals surface area contributed by atoms with Crippen molar-refractivity contribution in [3.63, 3.8) is 0 Å². The summed E-state index contributed by atoms with van der Waals surface area (Å²) in [6, 6.07) is 7.49. The van der Waals surface area contributed by atoms with Gasteiger partial charge in [-0.2, -0.15) is 0 Å². The minimum absolute atomic E-state index is 0.160. The number of para-hydroxylation sites is 1. The van der Waals surface area contributed by atoms with Crippen LogP contribution in [0.4, 0.5) is 0 Å². The highest BCUT2D eigenvalue weighted by atomic mass is 16.5. The van der Waals surface area contributed by atoms with E-state index < -0.39 is 0 Å². The predicted molar refractivity (Wildman–Crippen MR) is 73.0 cm³/mol. The van der Waals surface area contributed by atoms with Gasteiger partial charge in [0.2, 0.25) is 5.78 Å². The number of benzene rings is 1. The van der Waals surface area contributed by atoms with E-state index in [2.05, 4.69) is 15.6 Å². The smallest absolute Gasteiger partial charge is 0.218 e. The van der Waals surface area contributed by atoms with Crippen molar-refractivity contribution in [1.82, 2.24) is 20.3 Å². The monoisotopic (exact) mass is 272 g/mol. The summed E-state index contributed by atoms with van der Waals surface area (Å²) >= 11 is 0. The Hall–Kier alpha value is -2.21. The average molecular weight is 272 g/mol. The Morgan fingerprint density at radius 1 is 1.45 bits per heavy atom. The maximum Gasteiger partial charge on any atom is 0.218 e. The molecule has 1 aromatic carbocycles. The molecule has 0 saturated carbocycles. The zero-order valence-corrected chi connectivity index (χ0v) is 11.2. The Labute approximate surface area is 116 Å². The summed E-state index contributed by atoms with van der Waals surface area (Å²) in [5, 5.41) is 11.2. The van der Waals surface area contributed by atoms with Gasteiger partial charge in [-0.25, -0.2) is 4.68 Å². The highest BCUT2D eigenvalue weighted by Crippen LogP contribution is 2.21. The first-order valence-electron chi connectivity index (χ1n) is 6.68. The molecule has 2 heterocycles. The van der Waals surface area contributed by atoms with E-state index in [-0.39, 0.29) is 5.78 Å². The summed E-state index contributed by atoms with van der Waals surface area (Å²) in [4.78, 5) is 12.5. The Balaban J connectivity index is 1.86. The molecule has 104 valence electrons. The number of nitrogens with zero attached hydrogens (tertiary/aromatic N) is 3. The third-order valence-corrected chi connectivity index (χ3v) is 3.31. The second kappa shape index (κ2) is 5.42. The lowest BCUT2D eigenvalue weighted by Gasteiger charge is -2.26. The summed E-state index contributed by atoms with van der Waals surface area (Å²) in [7, 11) is 0. The van der Waals surface area contributed by atoms with Crippen LogP contribution in [0.2, 0.25) is 0 Å². The van der Waals surface area contributed by atoms with Gasteiger partial charge >= 0.3 is 0 Å². The first-order chi connectivity index (χ1) is 9.79. The highest BCUT2D eigenvalue weighted by molar-refractivity contribution is 6.09. The van der Waals surface area contributed by atoms with Crippen molar-refractivity contribution in [2.75, 3.05) is 19.7 Å². The van der Waals surface area contributed by atoms with Crippen molar-refractivity contribution in [2.45, 2.75) is 13.0 Å². The number of rotatable bonds is 5. The van der Waals surface area contributed by atoms with Gasteiger partial charge < -0.3 is 10.1 Å². The van der Waals surface area contributed by atoms with Crippen LogP contribution in [0.1, 0.15) is 29.0 Å². The number of carbonyl (C=O) groups is 1. The van der Waals surface area contributed by atoms with E-state index in [1.165, 1.54) is 0 Å². The third-order valence-electron chi connectivity index (χ3n) is 3.31. The van der Waals surface area contributed by atoms with Gasteiger partial charge in [-0.3, -0.25) is 4.79 Å². The number of ketones is 1. The molecule has 0 radical (unpaired) electrons. The molecular weight excluding hydrogens is 256 g/mol. The summed E-state index contributed by atoms with van der Waals surface area (Å²) in [5.74, 6) is 0.424. The Morgan fingerprint density at radius 2 is 2.25 bits per heavy atom. The number of aromatic nitrogens is 3. The molecule has 0 bridgehead atoms. The van der Waals surface area contributed by atoms with Gasteiger partial charge in [0.05, 0.1) is 24.4 Å². The van der Waals surface area contributed by atoms with Crippen LogP contribution in [0.3, 0.4) is 0 Å². The van der Waals surface area contributed by atoms with Gasteiger partial charge in [0.1, 0.15) is 5.75 Å². The maximum atomic E-state index is 12.5. The first kappa shape index (κ1) is 12.8. The number of nitrogens with one attached hydrogen (secondary N) is 1. The Kier molecular flexibility index (Phi) is 3.47. The average Bonchev–Trinajstić information content (AvgIpc) is 2.86. The van der Waals surface area contributed by atoms with Crippen molar-refractivity contribution in [3.8, 4) is 5.75 Å². The first-order valence-corrected chi connectivity index (χ1v) is 6.68. The predicted octanol–water partition coefficient (Wildman–Crippen LogP) is 1.05. The van der Waals surface area contributed by atoms with E-state index in [1.54, 1.807) is 23.0 Å². The third kappa shape index (κ3) is 2.30. The molecule has 6 heteroatoms. The lowest BCUT2D eigenvalue weighted by atomic mass is 10.1. The molecule has 0 aliphatic carbocycles. The minimum atomic E-state index is -0.160. The topological polar surface area (TPSA) is 69.0 Å². The van der Waals surface area contributed by atoms with Crippen LogP contribution in [0.25, 0.3) is 0 Å².